The van der Waals surface area contributed by atoms with Gasteiger partial charge in [-0.25, -0.2) is 0 Å². The van der Waals surface area contributed by atoms with Crippen molar-refractivity contribution < 1.29 is 14.3 Å². The highest BCUT2D eigenvalue weighted by Gasteiger charge is 2.32. The third-order valence-corrected chi connectivity index (χ3v) is 3.86. The summed E-state index contributed by atoms with van der Waals surface area (Å²) in [5, 5.41) is 3.23. The number of carbonyl (C=O) groups excluding carboxylic acids is 1. The number of hydrogen-bond acceptors (Lipinski definition) is 4. The number of nitrogens with one attached hydrogen (secondary N) is 1. The monoisotopic (exact) mass is 227 g/mol. The predicted molar refractivity (Wildman–Crippen MR) is 60.1 cm³/mol. The maximum absolute atomic E-state index is 11.5. The molecule has 0 saturated carbocycles. The Labute approximate surface area is 96.7 Å². The zero-order chi connectivity index (χ0) is 11.4. The highest BCUT2D eigenvalue weighted by molar-refractivity contribution is 5.75. The smallest absolute Gasteiger partial charge is 0.322 e. The number of ether oxygens (including phenoxy) is 2. The molecule has 0 spiro atoms. The van der Waals surface area contributed by atoms with Gasteiger partial charge in [-0.3, -0.25) is 4.79 Å². The van der Waals surface area contributed by atoms with Crippen molar-refractivity contribution in [3.05, 3.63) is 0 Å². The van der Waals surface area contributed by atoms with E-state index >= 15 is 0 Å². The first kappa shape index (κ1) is 11.9. The molecule has 16 heavy (non-hydrogen) atoms. The van der Waals surface area contributed by atoms with E-state index < -0.39 is 0 Å². The molecule has 2 saturated heterocycles. The van der Waals surface area contributed by atoms with Crippen LogP contribution in [0.25, 0.3) is 0 Å². The summed E-state index contributed by atoms with van der Waals surface area (Å²) in [4.78, 5) is 11.5. The van der Waals surface area contributed by atoms with Crippen LogP contribution in [-0.2, 0) is 14.3 Å². The molecule has 2 heterocycles. The Morgan fingerprint density at radius 2 is 2.00 bits per heavy atom. The van der Waals surface area contributed by atoms with Gasteiger partial charge in [-0.05, 0) is 44.1 Å². The van der Waals surface area contributed by atoms with Crippen molar-refractivity contribution in [2.45, 2.75) is 31.7 Å². The number of hydrogen-bond donors (Lipinski definition) is 1. The zero-order valence-corrected chi connectivity index (χ0v) is 9.91. The first-order valence-electron chi connectivity index (χ1n) is 6.20. The molecule has 92 valence electrons. The first-order valence-corrected chi connectivity index (χ1v) is 6.20. The molecule has 4 nitrogen and oxygen atoms in total. The molecule has 2 atom stereocenters. The van der Waals surface area contributed by atoms with E-state index in [2.05, 4.69) is 5.32 Å². The average molecular weight is 227 g/mol. The van der Waals surface area contributed by atoms with Gasteiger partial charge in [0.2, 0.25) is 0 Å². The molecule has 2 fully saturated rings. The fourth-order valence-corrected chi connectivity index (χ4v) is 2.88. The van der Waals surface area contributed by atoms with Gasteiger partial charge in [-0.15, -0.1) is 0 Å². The van der Waals surface area contributed by atoms with Gasteiger partial charge < -0.3 is 14.8 Å². The quantitative estimate of drug-likeness (QED) is 0.714. The minimum Gasteiger partial charge on any atom is -0.468 e. The number of rotatable bonds is 2. The number of methoxy groups -OCH3 is 1. The summed E-state index contributed by atoms with van der Waals surface area (Å²) in [7, 11) is 1.46. The van der Waals surface area contributed by atoms with Gasteiger partial charge in [0.15, 0.2) is 0 Å². The lowest BCUT2D eigenvalue weighted by atomic mass is 9.78. The number of carbonyl (C=O) groups is 1. The first-order chi connectivity index (χ1) is 7.81. The van der Waals surface area contributed by atoms with Gasteiger partial charge in [0.05, 0.1) is 7.11 Å². The topological polar surface area (TPSA) is 47.6 Å². The summed E-state index contributed by atoms with van der Waals surface area (Å²) in [6, 6.07) is -0.0911. The fraction of sp³-hybridized carbons (Fsp3) is 0.917. The molecule has 2 rings (SSSR count). The van der Waals surface area contributed by atoms with Crippen LogP contribution in [0.1, 0.15) is 25.7 Å². The Kier molecular flexibility index (Phi) is 4.18. The second-order valence-corrected chi connectivity index (χ2v) is 4.76. The summed E-state index contributed by atoms with van der Waals surface area (Å²) in [6.45, 7) is 2.71. The highest BCUT2D eigenvalue weighted by atomic mass is 16.5. The van der Waals surface area contributed by atoms with Crippen molar-refractivity contribution >= 4 is 5.97 Å². The van der Waals surface area contributed by atoms with Crippen LogP contribution in [0.5, 0.6) is 0 Å². The molecule has 4 heteroatoms. The standard InChI is InChI=1S/C12H21NO3/c1-15-12(14)11-8-10(2-5-13-11)9-3-6-16-7-4-9/h9-11,13H,2-8H2,1H3. The van der Waals surface area contributed by atoms with Crippen LogP contribution < -0.4 is 5.32 Å². The van der Waals surface area contributed by atoms with E-state index in [9.17, 15) is 4.79 Å². The van der Waals surface area contributed by atoms with Gasteiger partial charge in [-0.2, -0.15) is 0 Å². The summed E-state index contributed by atoms with van der Waals surface area (Å²) >= 11 is 0. The average Bonchev–Trinajstić information content (AvgIpc) is 2.39. The van der Waals surface area contributed by atoms with Gasteiger partial charge in [0, 0.05) is 13.2 Å². The maximum Gasteiger partial charge on any atom is 0.322 e. The van der Waals surface area contributed by atoms with Gasteiger partial charge >= 0.3 is 5.97 Å². The highest BCUT2D eigenvalue weighted by Crippen LogP contribution is 2.31. The molecule has 2 unspecified atom stereocenters. The Bertz CT molecular complexity index is 238. The van der Waals surface area contributed by atoms with Crippen molar-refractivity contribution in [3.8, 4) is 0 Å². The predicted octanol–water partition coefficient (Wildman–Crippen LogP) is 0.954. The van der Waals surface area contributed by atoms with Crippen molar-refractivity contribution in [2.24, 2.45) is 11.8 Å². The third kappa shape index (κ3) is 2.74. The normalized spacial score (nSPS) is 32.3. The SMILES string of the molecule is COC(=O)C1CC(C2CCOCC2)CCN1. The number of esters is 1. The Morgan fingerprint density at radius 3 is 2.69 bits per heavy atom. The van der Waals surface area contributed by atoms with E-state index in [4.69, 9.17) is 9.47 Å². The van der Waals surface area contributed by atoms with E-state index in [1.807, 2.05) is 0 Å². The fourth-order valence-electron chi connectivity index (χ4n) is 2.88. The van der Waals surface area contributed by atoms with Crippen molar-refractivity contribution in [3.63, 3.8) is 0 Å². The van der Waals surface area contributed by atoms with Gasteiger partial charge in [0.25, 0.3) is 0 Å². The van der Waals surface area contributed by atoms with E-state index in [0.29, 0.717) is 5.92 Å². The second kappa shape index (κ2) is 5.64. The van der Waals surface area contributed by atoms with Crippen LogP contribution in [0, 0.1) is 11.8 Å². The summed E-state index contributed by atoms with van der Waals surface area (Å²) in [5.74, 6) is 1.29. The molecule has 0 radical (unpaired) electrons. The largest absolute Gasteiger partial charge is 0.468 e. The lowest BCUT2D eigenvalue weighted by molar-refractivity contribution is -0.144. The van der Waals surface area contributed by atoms with Gasteiger partial charge in [-0.1, -0.05) is 0 Å². The molecule has 0 amide bonds. The van der Waals surface area contributed by atoms with Crippen molar-refractivity contribution in [1.29, 1.82) is 0 Å². The Hall–Kier alpha value is -0.610. The minimum absolute atomic E-state index is 0.0911. The molecule has 2 aliphatic rings. The summed E-state index contributed by atoms with van der Waals surface area (Å²) in [6.07, 6.45) is 4.41. The minimum atomic E-state index is -0.114. The zero-order valence-electron chi connectivity index (χ0n) is 9.91. The van der Waals surface area contributed by atoms with Crippen LogP contribution in [-0.4, -0.2) is 38.9 Å². The lowest BCUT2D eigenvalue weighted by Crippen LogP contribution is -2.46. The Morgan fingerprint density at radius 1 is 1.25 bits per heavy atom. The van der Waals surface area contributed by atoms with Crippen LogP contribution >= 0.6 is 0 Å². The van der Waals surface area contributed by atoms with E-state index in [0.717, 1.165) is 44.9 Å². The van der Waals surface area contributed by atoms with E-state index in [-0.39, 0.29) is 12.0 Å². The second-order valence-electron chi connectivity index (χ2n) is 4.76. The molecule has 0 aromatic carbocycles. The van der Waals surface area contributed by atoms with E-state index in [1.165, 1.54) is 13.5 Å². The number of piperidine rings is 1. The van der Waals surface area contributed by atoms with Crippen molar-refractivity contribution in [1.82, 2.24) is 5.32 Å². The van der Waals surface area contributed by atoms with Crippen LogP contribution in [0.3, 0.4) is 0 Å². The van der Waals surface area contributed by atoms with Crippen LogP contribution in [0.2, 0.25) is 0 Å². The molecular weight excluding hydrogens is 206 g/mol. The van der Waals surface area contributed by atoms with E-state index in [1.54, 1.807) is 0 Å². The van der Waals surface area contributed by atoms with Gasteiger partial charge in [0.1, 0.15) is 6.04 Å². The molecule has 0 aromatic rings. The third-order valence-electron chi connectivity index (χ3n) is 3.86. The van der Waals surface area contributed by atoms with Crippen LogP contribution in [0.4, 0.5) is 0 Å². The summed E-state index contributed by atoms with van der Waals surface area (Å²) in [5.41, 5.74) is 0. The molecule has 0 aromatic heterocycles. The maximum atomic E-state index is 11.5. The molecule has 1 N–H and O–H groups in total. The lowest BCUT2D eigenvalue weighted by Gasteiger charge is -2.36. The summed E-state index contributed by atoms with van der Waals surface area (Å²) < 4.78 is 10.2. The van der Waals surface area contributed by atoms with Crippen molar-refractivity contribution in [2.75, 3.05) is 26.9 Å². The Balaban J connectivity index is 1.87. The molecule has 2 aliphatic heterocycles. The molecule has 0 bridgehead atoms. The van der Waals surface area contributed by atoms with Crippen LogP contribution in [0.15, 0.2) is 0 Å². The molecule has 0 aliphatic carbocycles. The molecular formula is C12H21NO3.